The van der Waals surface area contributed by atoms with Gasteiger partial charge in [-0.15, -0.1) is 12.4 Å². The Morgan fingerprint density at radius 2 is 1.35 bits per heavy atom. The van der Waals surface area contributed by atoms with Crippen LogP contribution in [0.5, 0.6) is 11.5 Å². The lowest BCUT2D eigenvalue weighted by Gasteiger charge is -2.25. The number of hydrogen-bond donors (Lipinski definition) is 1. The van der Waals surface area contributed by atoms with Crippen LogP contribution in [0.1, 0.15) is 66.8 Å². The second-order valence-electron chi connectivity index (χ2n) is 11.5. The number of likely N-dealkylation sites (tertiary alicyclic amines) is 1. The molecule has 1 N–H and O–H groups in total. The number of halogens is 1. The van der Waals surface area contributed by atoms with Crippen molar-refractivity contribution in [3.05, 3.63) is 150 Å². The van der Waals surface area contributed by atoms with E-state index in [-0.39, 0.29) is 25.1 Å². The third-order valence-electron chi connectivity index (χ3n) is 8.29. The van der Waals surface area contributed by atoms with Gasteiger partial charge >= 0.3 is 0 Å². The molecule has 4 aromatic carbocycles. The van der Waals surface area contributed by atoms with E-state index in [1.54, 1.807) is 12.2 Å². The van der Waals surface area contributed by atoms with Crippen LogP contribution in [0.3, 0.4) is 0 Å². The van der Waals surface area contributed by atoms with E-state index in [1.807, 2.05) is 35.3 Å². The lowest BCUT2D eigenvalue weighted by molar-refractivity contribution is -0.126. The Hall–Kier alpha value is -4.32. The average molecular weight is 637 g/mol. The van der Waals surface area contributed by atoms with Gasteiger partial charge in [0.15, 0.2) is 11.5 Å². The number of hydrogen-bond acceptors (Lipinski definition) is 4. The van der Waals surface area contributed by atoms with E-state index in [4.69, 9.17) is 9.47 Å². The molecule has 2 aliphatic rings. The number of piperidine rings is 1. The molecule has 2 heterocycles. The number of fused-ring (bicyclic) bond motifs is 1. The zero-order valence-electron chi connectivity index (χ0n) is 26.6. The molecule has 2 aliphatic heterocycles. The normalized spacial score (nSPS) is 14.5. The van der Waals surface area contributed by atoms with E-state index >= 15 is 0 Å². The molecular weight excluding hydrogens is 592 g/mol. The summed E-state index contributed by atoms with van der Waals surface area (Å²) >= 11 is 0. The van der Waals surface area contributed by atoms with Crippen LogP contribution in [0.25, 0.3) is 6.08 Å². The van der Waals surface area contributed by atoms with E-state index in [0.717, 1.165) is 56.0 Å². The summed E-state index contributed by atoms with van der Waals surface area (Å²) in [7, 11) is 0. The fourth-order valence-electron chi connectivity index (χ4n) is 5.74. The summed E-state index contributed by atoms with van der Waals surface area (Å²) in [6, 6.07) is 38.4. The molecule has 1 amide bonds. The van der Waals surface area contributed by atoms with Crippen molar-refractivity contribution in [2.75, 3.05) is 26.4 Å². The first-order chi connectivity index (χ1) is 22.2. The zero-order valence-corrected chi connectivity index (χ0v) is 27.4. The first kappa shape index (κ1) is 34.6. The standard InChI is InChI=1S/C23H25N.C17H19NO3.ClH/c1-19(20-11-5-2-6-12-20)24-18-17-23(21-13-7-3-8-14-21)22-15-9-4-10-16-22;19-17(18-10-4-1-5-11-18)7-3-2-6-14-8-9-15-16(12-14)21-13-20-15;/h2-16,19,23-24H,17-18H2,1H3;2-3,6-9,12H,1,4-5,10-11,13H2;1H. The van der Waals surface area contributed by atoms with Gasteiger partial charge in [0.1, 0.15) is 0 Å². The van der Waals surface area contributed by atoms with Gasteiger partial charge in [-0.3, -0.25) is 4.79 Å². The van der Waals surface area contributed by atoms with Crippen molar-refractivity contribution >= 4 is 24.4 Å². The molecule has 5 nitrogen and oxygen atoms in total. The Kier molecular flexibility index (Phi) is 14.0. The van der Waals surface area contributed by atoms with Gasteiger partial charge in [0.2, 0.25) is 12.7 Å². The Labute approximate surface area is 280 Å². The third-order valence-corrected chi connectivity index (χ3v) is 8.29. The molecule has 1 saturated heterocycles. The van der Waals surface area contributed by atoms with Gasteiger partial charge in [-0.25, -0.2) is 0 Å². The molecule has 1 atom stereocenters. The topological polar surface area (TPSA) is 50.8 Å². The van der Waals surface area contributed by atoms with Crippen LogP contribution < -0.4 is 14.8 Å². The number of nitrogens with zero attached hydrogens (tertiary/aromatic N) is 1. The number of nitrogens with one attached hydrogen (secondary N) is 1. The first-order valence-corrected chi connectivity index (χ1v) is 16.1. The van der Waals surface area contributed by atoms with Gasteiger partial charge in [-0.1, -0.05) is 115 Å². The fourth-order valence-corrected chi connectivity index (χ4v) is 5.74. The minimum Gasteiger partial charge on any atom is -0.454 e. The van der Waals surface area contributed by atoms with E-state index < -0.39 is 0 Å². The predicted octanol–water partition coefficient (Wildman–Crippen LogP) is 8.98. The van der Waals surface area contributed by atoms with Gasteiger partial charge < -0.3 is 19.7 Å². The SMILES string of the molecule is CC(NCCC(c1ccccc1)c1ccccc1)c1ccccc1.Cl.O=C(C=CC=Cc1ccc2c(c1)OCO2)N1CCCCC1. The highest BCUT2D eigenvalue weighted by molar-refractivity contribution is 5.88. The van der Waals surface area contributed by atoms with Crippen molar-refractivity contribution in [3.8, 4) is 11.5 Å². The molecule has 0 saturated carbocycles. The van der Waals surface area contributed by atoms with Gasteiger partial charge in [-0.2, -0.15) is 0 Å². The van der Waals surface area contributed by atoms with Crippen LogP contribution in [0.15, 0.2) is 127 Å². The Bertz CT molecular complexity index is 1480. The maximum atomic E-state index is 11.9. The van der Waals surface area contributed by atoms with E-state index in [2.05, 4.69) is 103 Å². The number of rotatable bonds is 10. The molecule has 6 rings (SSSR count). The number of allylic oxidation sites excluding steroid dienone is 2. The summed E-state index contributed by atoms with van der Waals surface area (Å²) in [4.78, 5) is 13.8. The summed E-state index contributed by atoms with van der Waals surface area (Å²) in [6.45, 7) is 5.27. The summed E-state index contributed by atoms with van der Waals surface area (Å²) in [5.74, 6) is 2.08. The highest BCUT2D eigenvalue weighted by Gasteiger charge is 2.15. The summed E-state index contributed by atoms with van der Waals surface area (Å²) in [5.41, 5.74) is 5.14. The molecule has 0 bridgehead atoms. The van der Waals surface area contributed by atoms with Gasteiger partial charge in [0, 0.05) is 31.1 Å². The summed E-state index contributed by atoms with van der Waals surface area (Å²) < 4.78 is 10.6. The maximum Gasteiger partial charge on any atom is 0.246 e. The molecule has 4 aromatic rings. The summed E-state index contributed by atoms with van der Waals surface area (Å²) in [5, 5.41) is 3.67. The summed E-state index contributed by atoms with van der Waals surface area (Å²) in [6.07, 6.45) is 11.8. The minimum absolute atomic E-state index is 0. The maximum absolute atomic E-state index is 11.9. The second-order valence-corrected chi connectivity index (χ2v) is 11.5. The van der Waals surface area contributed by atoms with Crippen molar-refractivity contribution in [2.24, 2.45) is 0 Å². The third kappa shape index (κ3) is 10.4. The van der Waals surface area contributed by atoms with E-state index in [1.165, 1.54) is 23.1 Å². The molecule has 0 radical (unpaired) electrons. The molecule has 0 spiro atoms. The Morgan fingerprint density at radius 1 is 0.761 bits per heavy atom. The Balaban J connectivity index is 0.000000206. The smallest absolute Gasteiger partial charge is 0.246 e. The van der Waals surface area contributed by atoms with Crippen molar-refractivity contribution in [2.45, 2.75) is 44.6 Å². The van der Waals surface area contributed by atoms with E-state index in [0.29, 0.717) is 12.0 Å². The number of amides is 1. The second kappa shape index (κ2) is 18.6. The van der Waals surface area contributed by atoms with Crippen LogP contribution in [0, 0.1) is 0 Å². The molecule has 1 unspecified atom stereocenters. The molecule has 0 aromatic heterocycles. The zero-order chi connectivity index (χ0) is 31.1. The predicted molar refractivity (Wildman–Crippen MR) is 191 cm³/mol. The first-order valence-electron chi connectivity index (χ1n) is 16.1. The van der Waals surface area contributed by atoms with Crippen molar-refractivity contribution in [1.29, 1.82) is 0 Å². The van der Waals surface area contributed by atoms with Gasteiger partial charge in [-0.05, 0) is 73.5 Å². The molecule has 0 aliphatic carbocycles. The molecular formula is C40H45ClN2O3. The molecule has 240 valence electrons. The average Bonchev–Trinajstić information content (AvgIpc) is 3.58. The largest absolute Gasteiger partial charge is 0.454 e. The highest BCUT2D eigenvalue weighted by Crippen LogP contribution is 2.33. The number of carbonyl (C=O) groups excluding carboxylic acids is 1. The highest BCUT2D eigenvalue weighted by atomic mass is 35.5. The molecule has 46 heavy (non-hydrogen) atoms. The number of benzene rings is 4. The van der Waals surface area contributed by atoms with Crippen LogP contribution in [0.2, 0.25) is 0 Å². The Morgan fingerprint density at radius 3 is 1.98 bits per heavy atom. The van der Waals surface area contributed by atoms with Crippen LogP contribution in [-0.4, -0.2) is 37.2 Å². The van der Waals surface area contributed by atoms with Crippen molar-refractivity contribution < 1.29 is 14.3 Å². The minimum atomic E-state index is 0. The van der Waals surface area contributed by atoms with Crippen LogP contribution >= 0.6 is 12.4 Å². The lowest BCUT2D eigenvalue weighted by Crippen LogP contribution is -2.34. The van der Waals surface area contributed by atoms with Gasteiger partial charge in [0.05, 0.1) is 0 Å². The van der Waals surface area contributed by atoms with E-state index in [9.17, 15) is 4.79 Å². The fraction of sp³-hybridized carbons (Fsp3) is 0.275. The quantitative estimate of drug-likeness (QED) is 0.139. The lowest BCUT2D eigenvalue weighted by atomic mass is 9.88. The van der Waals surface area contributed by atoms with Crippen molar-refractivity contribution in [1.82, 2.24) is 10.2 Å². The van der Waals surface area contributed by atoms with Crippen molar-refractivity contribution in [3.63, 3.8) is 0 Å². The van der Waals surface area contributed by atoms with Gasteiger partial charge in [0.25, 0.3) is 0 Å². The molecule has 6 heteroatoms. The van der Waals surface area contributed by atoms with Crippen LogP contribution in [-0.2, 0) is 4.79 Å². The monoisotopic (exact) mass is 636 g/mol. The van der Waals surface area contributed by atoms with Crippen LogP contribution in [0.4, 0.5) is 0 Å². The number of ether oxygens (including phenoxy) is 2. The number of carbonyl (C=O) groups is 1. The molecule has 1 fully saturated rings.